The van der Waals surface area contributed by atoms with Gasteiger partial charge in [0.1, 0.15) is 0 Å². The summed E-state index contributed by atoms with van der Waals surface area (Å²) in [5, 5.41) is 7.22. The summed E-state index contributed by atoms with van der Waals surface area (Å²) in [6.07, 6.45) is 2.92. The molecule has 1 unspecified atom stereocenters. The van der Waals surface area contributed by atoms with Crippen molar-refractivity contribution >= 4 is 5.91 Å². The van der Waals surface area contributed by atoms with E-state index in [4.69, 9.17) is 4.52 Å². The molecule has 1 aliphatic heterocycles. The van der Waals surface area contributed by atoms with E-state index in [1.165, 1.54) is 0 Å². The van der Waals surface area contributed by atoms with Crippen molar-refractivity contribution in [2.45, 2.75) is 32.7 Å². The first kappa shape index (κ1) is 20.5. The lowest BCUT2D eigenvalue weighted by Gasteiger charge is -2.30. The Labute approximate surface area is 167 Å². The zero-order chi connectivity index (χ0) is 19.9. The van der Waals surface area contributed by atoms with Crippen molar-refractivity contribution in [3.05, 3.63) is 35.7 Å². The molecular formula is C21H31N5O2. The topological polar surface area (TPSA) is 74.5 Å². The molecule has 1 saturated heterocycles. The molecule has 28 heavy (non-hydrogen) atoms. The summed E-state index contributed by atoms with van der Waals surface area (Å²) in [6.45, 7) is 6.03. The number of nitrogens with zero attached hydrogens (tertiary/aromatic N) is 4. The molecule has 7 heteroatoms. The number of carbonyl (C=O) groups is 1. The van der Waals surface area contributed by atoms with E-state index in [0.717, 1.165) is 56.6 Å². The number of rotatable bonds is 8. The second-order valence-electron chi connectivity index (χ2n) is 7.85. The van der Waals surface area contributed by atoms with Gasteiger partial charge in [0.25, 0.3) is 0 Å². The van der Waals surface area contributed by atoms with Crippen molar-refractivity contribution in [2.24, 2.45) is 5.92 Å². The fourth-order valence-electron chi connectivity index (χ4n) is 3.61. The number of carbonyl (C=O) groups excluding carboxylic acids is 1. The van der Waals surface area contributed by atoms with Crippen molar-refractivity contribution in [2.75, 3.05) is 40.3 Å². The summed E-state index contributed by atoms with van der Waals surface area (Å²) in [5.41, 5.74) is 2.12. The van der Waals surface area contributed by atoms with Gasteiger partial charge in [-0.1, -0.05) is 29.4 Å². The first-order valence-electron chi connectivity index (χ1n) is 10.1. The molecule has 1 N–H and O–H groups in total. The Kier molecular flexibility index (Phi) is 7.17. The molecule has 1 fully saturated rings. The summed E-state index contributed by atoms with van der Waals surface area (Å²) >= 11 is 0. The number of benzene rings is 1. The van der Waals surface area contributed by atoms with Gasteiger partial charge in [0, 0.05) is 18.7 Å². The molecule has 7 nitrogen and oxygen atoms in total. The van der Waals surface area contributed by atoms with E-state index in [1.54, 1.807) is 0 Å². The average Bonchev–Trinajstić information content (AvgIpc) is 3.13. The van der Waals surface area contributed by atoms with Crippen LogP contribution in [0, 0.1) is 12.8 Å². The van der Waals surface area contributed by atoms with Crippen LogP contribution in [0.2, 0.25) is 0 Å². The van der Waals surface area contributed by atoms with Gasteiger partial charge in [0.2, 0.25) is 17.6 Å². The minimum Gasteiger partial charge on any atom is -0.356 e. The standard InChI is InChI=1S/C21H31N5O2/c1-16-8-4-5-10-18(16)20-23-19(28-24-20)15-26-13-6-9-17(14-26)21(27)22-11-7-12-25(2)3/h4-5,8,10,17H,6-7,9,11-15H2,1-3H3,(H,22,27). The Morgan fingerprint density at radius 1 is 1.36 bits per heavy atom. The third-order valence-corrected chi connectivity index (χ3v) is 5.17. The Morgan fingerprint density at radius 2 is 2.18 bits per heavy atom. The number of piperidine rings is 1. The molecule has 0 radical (unpaired) electrons. The summed E-state index contributed by atoms with van der Waals surface area (Å²) in [6, 6.07) is 8.02. The SMILES string of the molecule is Cc1ccccc1-c1noc(CN2CCCC(C(=O)NCCCN(C)C)C2)n1. The number of hydrogen-bond acceptors (Lipinski definition) is 6. The monoisotopic (exact) mass is 385 g/mol. The van der Waals surface area contributed by atoms with Gasteiger partial charge in [0.05, 0.1) is 12.5 Å². The Bertz CT molecular complexity index is 774. The maximum Gasteiger partial charge on any atom is 0.241 e. The van der Waals surface area contributed by atoms with Gasteiger partial charge >= 0.3 is 0 Å². The van der Waals surface area contributed by atoms with Crippen LogP contribution >= 0.6 is 0 Å². The maximum atomic E-state index is 12.5. The van der Waals surface area contributed by atoms with Crippen LogP contribution in [0.1, 0.15) is 30.7 Å². The molecule has 0 bridgehead atoms. The Hall–Kier alpha value is -2.25. The highest BCUT2D eigenvalue weighted by Gasteiger charge is 2.26. The van der Waals surface area contributed by atoms with Crippen molar-refractivity contribution in [1.29, 1.82) is 0 Å². The van der Waals surface area contributed by atoms with E-state index in [1.807, 2.05) is 45.3 Å². The van der Waals surface area contributed by atoms with Crippen molar-refractivity contribution in [3.63, 3.8) is 0 Å². The smallest absolute Gasteiger partial charge is 0.241 e. The van der Waals surface area contributed by atoms with E-state index >= 15 is 0 Å². The fraction of sp³-hybridized carbons (Fsp3) is 0.571. The number of aromatic nitrogens is 2. The second kappa shape index (κ2) is 9.80. The van der Waals surface area contributed by atoms with Crippen molar-refractivity contribution < 1.29 is 9.32 Å². The van der Waals surface area contributed by atoms with E-state index in [0.29, 0.717) is 18.3 Å². The zero-order valence-corrected chi connectivity index (χ0v) is 17.1. The van der Waals surface area contributed by atoms with E-state index in [2.05, 4.69) is 25.3 Å². The zero-order valence-electron chi connectivity index (χ0n) is 17.1. The summed E-state index contributed by atoms with van der Waals surface area (Å²) < 4.78 is 5.47. The van der Waals surface area contributed by atoms with Gasteiger partial charge in [-0.3, -0.25) is 9.69 Å². The highest BCUT2D eigenvalue weighted by atomic mass is 16.5. The molecule has 152 valence electrons. The number of amides is 1. The summed E-state index contributed by atoms with van der Waals surface area (Å²) in [4.78, 5) is 21.4. The Balaban J connectivity index is 1.51. The van der Waals surface area contributed by atoms with E-state index in [9.17, 15) is 4.79 Å². The lowest BCUT2D eigenvalue weighted by Crippen LogP contribution is -2.43. The summed E-state index contributed by atoms with van der Waals surface area (Å²) in [7, 11) is 4.09. The first-order chi connectivity index (χ1) is 13.5. The van der Waals surface area contributed by atoms with Gasteiger partial charge in [-0.25, -0.2) is 0 Å². The van der Waals surface area contributed by atoms with Crippen LogP contribution in [0.5, 0.6) is 0 Å². The molecule has 2 aromatic rings. The molecule has 0 spiro atoms. The van der Waals surface area contributed by atoms with Gasteiger partial charge < -0.3 is 14.7 Å². The number of hydrogen-bond donors (Lipinski definition) is 1. The lowest BCUT2D eigenvalue weighted by molar-refractivity contribution is -0.126. The minimum absolute atomic E-state index is 0.0341. The van der Waals surface area contributed by atoms with Gasteiger partial charge in [0.15, 0.2) is 0 Å². The predicted octanol–water partition coefficient (Wildman–Crippen LogP) is 2.32. The lowest BCUT2D eigenvalue weighted by atomic mass is 9.97. The molecule has 3 rings (SSSR count). The number of aryl methyl sites for hydroxylation is 1. The molecule has 1 aromatic heterocycles. The van der Waals surface area contributed by atoms with Gasteiger partial charge in [-0.2, -0.15) is 4.98 Å². The normalized spacial score (nSPS) is 17.8. The third kappa shape index (κ3) is 5.62. The van der Waals surface area contributed by atoms with E-state index < -0.39 is 0 Å². The average molecular weight is 386 g/mol. The molecule has 1 aromatic carbocycles. The third-order valence-electron chi connectivity index (χ3n) is 5.17. The van der Waals surface area contributed by atoms with Crippen LogP contribution in [-0.2, 0) is 11.3 Å². The van der Waals surface area contributed by atoms with Crippen LogP contribution in [0.3, 0.4) is 0 Å². The van der Waals surface area contributed by atoms with Crippen LogP contribution in [-0.4, -0.2) is 66.1 Å². The van der Waals surface area contributed by atoms with Crippen LogP contribution in [0.25, 0.3) is 11.4 Å². The predicted molar refractivity (Wildman–Crippen MR) is 109 cm³/mol. The largest absolute Gasteiger partial charge is 0.356 e. The van der Waals surface area contributed by atoms with Crippen LogP contribution in [0.15, 0.2) is 28.8 Å². The first-order valence-corrected chi connectivity index (χ1v) is 10.1. The number of nitrogens with one attached hydrogen (secondary N) is 1. The highest BCUT2D eigenvalue weighted by molar-refractivity contribution is 5.78. The molecule has 0 saturated carbocycles. The van der Waals surface area contributed by atoms with E-state index in [-0.39, 0.29) is 11.8 Å². The fourth-order valence-corrected chi connectivity index (χ4v) is 3.61. The van der Waals surface area contributed by atoms with Gasteiger partial charge in [-0.15, -0.1) is 0 Å². The maximum absolute atomic E-state index is 12.5. The molecule has 2 heterocycles. The molecular weight excluding hydrogens is 354 g/mol. The number of likely N-dealkylation sites (tertiary alicyclic amines) is 1. The molecule has 1 amide bonds. The van der Waals surface area contributed by atoms with Crippen LogP contribution in [0.4, 0.5) is 0 Å². The molecule has 1 aliphatic rings. The van der Waals surface area contributed by atoms with Crippen LogP contribution < -0.4 is 5.32 Å². The minimum atomic E-state index is 0.0341. The van der Waals surface area contributed by atoms with Crippen molar-refractivity contribution in [3.8, 4) is 11.4 Å². The summed E-state index contributed by atoms with van der Waals surface area (Å²) in [5.74, 6) is 1.42. The van der Waals surface area contributed by atoms with Gasteiger partial charge in [-0.05, 0) is 58.9 Å². The molecule has 1 atom stereocenters. The second-order valence-corrected chi connectivity index (χ2v) is 7.85. The highest BCUT2D eigenvalue weighted by Crippen LogP contribution is 2.22. The quantitative estimate of drug-likeness (QED) is 0.703. The molecule has 0 aliphatic carbocycles. The van der Waals surface area contributed by atoms with Crippen molar-refractivity contribution in [1.82, 2.24) is 25.3 Å². The Morgan fingerprint density at radius 3 is 2.96 bits per heavy atom.